The summed E-state index contributed by atoms with van der Waals surface area (Å²) >= 11 is 0. The monoisotopic (exact) mass is 265 g/mol. The maximum absolute atomic E-state index is 5.55. The normalized spacial score (nSPS) is 9.85. The van der Waals surface area contributed by atoms with E-state index in [0.717, 1.165) is 17.0 Å². The molecule has 0 fully saturated rings. The lowest BCUT2D eigenvalue weighted by molar-refractivity contribution is 0.366. The molecule has 0 aliphatic rings. The Kier molecular flexibility index (Phi) is 4.68. The van der Waals surface area contributed by atoms with Crippen molar-refractivity contribution in [3.63, 3.8) is 0 Å². The molecule has 2 nitrogen and oxygen atoms in total. The summed E-state index contributed by atoms with van der Waals surface area (Å²) in [6.45, 7) is 5.20. The van der Waals surface area contributed by atoms with Crippen LogP contribution in [0.4, 0.5) is 5.69 Å². The second-order valence-electron chi connectivity index (χ2n) is 4.77. The van der Waals surface area contributed by atoms with Crippen LogP contribution in [0.3, 0.4) is 0 Å². The van der Waals surface area contributed by atoms with Gasteiger partial charge < -0.3 is 10.1 Å². The van der Waals surface area contributed by atoms with Crippen molar-refractivity contribution >= 4 is 5.69 Å². The summed E-state index contributed by atoms with van der Waals surface area (Å²) in [7, 11) is 0. The van der Waals surface area contributed by atoms with Gasteiger partial charge in [-0.05, 0) is 37.1 Å². The molecule has 1 N–H and O–H groups in total. The molecule has 2 aromatic rings. The van der Waals surface area contributed by atoms with Gasteiger partial charge in [-0.2, -0.15) is 0 Å². The molecule has 0 bridgehead atoms. The van der Waals surface area contributed by atoms with Crippen LogP contribution in [-0.4, -0.2) is 6.61 Å². The number of aryl methyl sites for hydroxylation is 2. The summed E-state index contributed by atoms with van der Waals surface area (Å²) in [5.41, 5.74) is 4.73. The van der Waals surface area contributed by atoms with Crippen LogP contribution < -0.4 is 10.1 Å². The highest BCUT2D eigenvalue weighted by Gasteiger charge is 2.04. The molecule has 0 amide bonds. The third kappa shape index (κ3) is 3.55. The predicted octanol–water partition coefficient (Wildman–Crippen LogP) is 3.93. The Labute approximate surface area is 120 Å². The number of benzene rings is 2. The lowest BCUT2D eigenvalue weighted by Gasteiger charge is -2.13. The van der Waals surface area contributed by atoms with Crippen molar-refractivity contribution in [2.24, 2.45) is 0 Å². The minimum Gasteiger partial charge on any atom is -0.481 e. The molecule has 2 rings (SSSR count). The molecule has 102 valence electrons. The summed E-state index contributed by atoms with van der Waals surface area (Å²) in [6, 6.07) is 14.3. The SMILES string of the molecule is C#CCOc1ccccc1CNc1cc(C)ccc1C. The Morgan fingerprint density at radius 2 is 1.95 bits per heavy atom. The molecule has 0 saturated carbocycles. The summed E-state index contributed by atoms with van der Waals surface area (Å²) in [5, 5.41) is 3.46. The van der Waals surface area contributed by atoms with Crippen molar-refractivity contribution in [2.75, 3.05) is 11.9 Å². The van der Waals surface area contributed by atoms with Crippen LogP contribution >= 0.6 is 0 Å². The fourth-order valence-corrected chi connectivity index (χ4v) is 2.03. The Hall–Kier alpha value is -2.40. The molecular weight excluding hydrogens is 246 g/mol. The number of hydrogen-bond donors (Lipinski definition) is 1. The molecule has 2 aromatic carbocycles. The van der Waals surface area contributed by atoms with Crippen molar-refractivity contribution in [2.45, 2.75) is 20.4 Å². The first-order valence-corrected chi connectivity index (χ1v) is 6.66. The van der Waals surface area contributed by atoms with Crippen molar-refractivity contribution < 1.29 is 4.74 Å². The fourth-order valence-electron chi connectivity index (χ4n) is 2.03. The van der Waals surface area contributed by atoms with Gasteiger partial charge in [0.2, 0.25) is 0 Å². The number of hydrogen-bond acceptors (Lipinski definition) is 2. The van der Waals surface area contributed by atoms with E-state index in [1.807, 2.05) is 24.3 Å². The molecule has 0 unspecified atom stereocenters. The van der Waals surface area contributed by atoms with Crippen LogP contribution in [0.15, 0.2) is 42.5 Å². The highest BCUT2D eigenvalue weighted by molar-refractivity contribution is 5.53. The lowest BCUT2D eigenvalue weighted by Crippen LogP contribution is -2.04. The average Bonchev–Trinajstić information content (AvgIpc) is 2.47. The second kappa shape index (κ2) is 6.68. The number of rotatable bonds is 5. The zero-order chi connectivity index (χ0) is 14.4. The van der Waals surface area contributed by atoms with Gasteiger partial charge in [0, 0.05) is 17.8 Å². The summed E-state index contributed by atoms with van der Waals surface area (Å²) in [4.78, 5) is 0. The fraction of sp³-hybridized carbons (Fsp3) is 0.222. The molecule has 0 aromatic heterocycles. The van der Waals surface area contributed by atoms with Gasteiger partial charge >= 0.3 is 0 Å². The Morgan fingerprint density at radius 3 is 2.75 bits per heavy atom. The van der Waals surface area contributed by atoms with Gasteiger partial charge in [-0.1, -0.05) is 36.3 Å². The largest absolute Gasteiger partial charge is 0.481 e. The Bertz CT molecular complexity index is 626. The number of ether oxygens (including phenoxy) is 1. The minimum absolute atomic E-state index is 0.292. The van der Waals surface area contributed by atoms with Crippen LogP contribution in [0.25, 0.3) is 0 Å². The van der Waals surface area contributed by atoms with Crippen LogP contribution in [0.5, 0.6) is 5.75 Å². The smallest absolute Gasteiger partial charge is 0.148 e. The average molecular weight is 265 g/mol. The van der Waals surface area contributed by atoms with E-state index >= 15 is 0 Å². The van der Waals surface area contributed by atoms with Crippen LogP contribution in [0, 0.1) is 26.2 Å². The third-order valence-electron chi connectivity index (χ3n) is 3.15. The maximum Gasteiger partial charge on any atom is 0.148 e. The molecular formula is C18H19NO. The van der Waals surface area contributed by atoms with Gasteiger partial charge in [-0.25, -0.2) is 0 Å². The standard InChI is InChI=1S/C18H19NO/c1-4-11-20-18-8-6-5-7-16(18)13-19-17-12-14(2)9-10-15(17)3/h1,5-10,12,19H,11,13H2,2-3H3. The molecule has 20 heavy (non-hydrogen) atoms. The quantitative estimate of drug-likeness (QED) is 0.827. The Balaban J connectivity index is 2.11. The first kappa shape index (κ1) is 14.0. The van der Waals surface area contributed by atoms with E-state index in [2.05, 4.69) is 43.3 Å². The second-order valence-corrected chi connectivity index (χ2v) is 4.77. The van der Waals surface area contributed by atoms with Crippen molar-refractivity contribution in [1.82, 2.24) is 0 Å². The molecule has 2 heteroatoms. The zero-order valence-electron chi connectivity index (χ0n) is 11.9. The highest BCUT2D eigenvalue weighted by Crippen LogP contribution is 2.21. The van der Waals surface area contributed by atoms with Crippen LogP contribution in [-0.2, 0) is 6.54 Å². The molecule has 0 aliphatic carbocycles. The van der Waals surface area contributed by atoms with Gasteiger partial charge in [-0.15, -0.1) is 6.42 Å². The van der Waals surface area contributed by atoms with E-state index < -0.39 is 0 Å². The molecule has 0 radical (unpaired) electrons. The highest BCUT2D eigenvalue weighted by atomic mass is 16.5. The van der Waals surface area contributed by atoms with Gasteiger partial charge in [0.15, 0.2) is 0 Å². The van der Waals surface area contributed by atoms with E-state index in [1.54, 1.807) is 0 Å². The van der Waals surface area contributed by atoms with E-state index in [9.17, 15) is 0 Å². The van der Waals surface area contributed by atoms with E-state index in [4.69, 9.17) is 11.2 Å². The van der Waals surface area contributed by atoms with Gasteiger partial charge in [0.05, 0.1) is 0 Å². The van der Waals surface area contributed by atoms with E-state index in [-0.39, 0.29) is 0 Å². The molecule has 0 atom stereocenters. The maximum atomic E-state index is 5.55. The number of anilines is 1. The number of para-hydroxylation sites is 1. The lowest BCUT2D eigenvalue weighted by atomic mass is 10.1. The van der Waals surface area contributed by atoms with Crippen molar-refractivity contribution in [3.8, 4) is 18.1 Å². The molecule has 0 aliphatic heterocycles. The van der Waals surface area contributed by atoms with Gasteiger partial charge in [0.25, 0.3) is 0 Å². The predicted molar refractivity (Wildman–Crippen MR) is 84.0 cm³/mol. The first-order chi connectivity index (χ1) is 9.70. The topological polar surface area (TPSA) is 21.3 Å². The molecule has 0 spiro atoms. The summed E-state index contributed by atoms with van der Waals surface area (Å²) in [5.74, 6) is 3.33. The van der Waals surface area contributed by atoms with Gasteiger partial charge in [-0.3, -0.25) is 0 Å². The van der Waals surface area contributed by atoms with E-state index in [0.29, 0.717) is 13.2 Å². The van der Waals surface area contributed by atoms with Crippen LogP contribution in [0.1, 0.15) is 16.7 Å². The zero-order valence-corrected chi connectivity index (χ0v) is 11.9. The molecule has 0 heterocycles. The van der Waals surface area contributed by atoms with Crippen molar-refractivity contribution in [3.05, 3.63) is 59.2 Å². The van der Waals surface area contributed by atoms with E-state index in [1.165, 1.54) is 11.1 Å². The number of terminal acetylenes is 1. The Morgan fingerprint density at radius 1 is 1.15 bits per heavy atom. The minimum atomic E-state index is 0.292. The summed E-state index contributed by atoms with van der Waals surface area (Å²) in [6.07, 6.45) is 5.24. The van der Waals surface area contributed by atoms with Gasteiger partial charge in [0.1, 0.15) is 12.4 Å². The number of nitrogens with one attached hydrogen (secondary N) is 1. The van der Waals surface area contributed by atoms with Crippen LogP contribution in [0.2, 0.25) is 0 Å². The third-order valence-corrected chi connectivity index (χ3v) is 3.15. The first-order valence-electron chi connectivity index (χ1n) is 6.66. The summed E-state index contributed by atoms with van der Waals surface area (Å²) < 4.78 is 5.55. The van der Waals surface area contributed by atoms with Crippen molar-refractivity contribution in [1.29, 1.82) is 0 Å². The molecule has 0 saturated heterocycles.